The highest BCUT2D eigenvalue weighted by atomic mass is 16.5. The number of aliphatic hydroxyl groups is 1. The number of piperidine rings is 1. The second-order valence-corrected chi connectivity index (χ2v) is 8.76. The number of nitrogens with one attached hydrogen (secondary N) is 1. The summed E-state index contributed by atoms with van der Waals surface area (Å²) in [5.74, 6) is 1.03. The molecule has 0 radical (unpaired) electrons. The third kappa shape index (κ3) is 5.97. The van der Waals surface area contributed by atoms with Gasteiger partial charge in [0.2, 0.25) is 0 Å². The SMILES string of the molecule is COCCCC[C@](O)(c1ccccc1OCC(C)(C)C)C1CCCNC1. The van der Waals surface area contributed by atoms with Crippen LogP contribution in [0.2, 0.25) is 0 Å². The number of unbranched alkanes of at least 4 members (excludes halogenated alkanes) is 1. The van der Waals surface area contributed by atoms with Crippen LogP contribution < -0.4 is 10.1 Å². The topological polar surface area (TPSA) is 50.7 Å². The summed E-state index contributed by atoms with van der Waals surface area (Å²) < 4.78 is 11.3. The molecular formula is C22H37NO3. The number of hydrogen-bond donors (Lipinski definition) is 2. The molecule has 26 heavy (non-hydrogen) atoms. The molecule has 1 aromatic rings. The van der Waals surface area contributed by atoms with Crippen molar-refractivity contribution in [2.24, 2.45) is 11.3 Å². The van der Waals surface area contributed by atoms with Crippen molar-refractivity contribution >= 4 is 0 Å². The maximum absolute atomic E-state index is 11.9. The first-order valence-electron chi connectivity index (χ1n) is 10.0. The van der Waals surface area contributed by atoms with E-state index in [9.17, 15) is 5.11 Å². The molecule has 1 aliphatic heterocycles. The number of methoxy groups -OCH3 is 1. The molecule has 148 valence electrons. The van der Waals surface area contributed by atoms with E-state index in [4.69, 9.17) is 9.47 Å². The zero-order valence-electron chi connectivity index (χ0n) is 17.0. The Kier molecular flexibility index (Phi) is 7.93. The van der Waals surface area contributed by atoms with Crippen molar-refractivity contribution in [3.63, 3.8) is 0 Å². The van der Waals surface area contributed by atoms with E-state index in [0.29, 0.717) is 6.61 Å². The Bertz CT molecular complexity index is 534. The van der Waals surface area contributed by atoms with Crippen molar-refractivity contribution in [2.75, 3.05) is 33.4 Å². The van der Waals surface area contributed by atoms with Crippen molar-refractivity contribution in [2.45, 2.75) is 58.5 Å². The van der Waals surface area contributed by atoms with Gasteiger partial charge in [0.1, 0.15) is 5.75 Å². The molecule has 2 atom stereocenters. The highest BCUT2D eigenvalue weighted by molar-refractivity contribution is 5.39. The molecule has 0 saturated carbocycles. The van der Waals surface area contributed by atoms with E-state index < -0.39 is 5.60 Å². The predicted octanol–water partition coefficient (Wildman–Crippen LogP) is 4.12. The van der Waals surface area contributed by atoms with Crippen LogP contribution in [0.5, 0.6) is 5.75 Å². The number of ether oxygens (including phenoxy) is 2. The maximum atomic E-state index is 11.9. The molecular weight excluding hydrogens is 326 g/mol. The summed E-state index contributed by atoms with van der Waals surface area (Å²) in [6.07, 6.45) is 4.79. The number of hydrogen-bond acceptors (Lipinski definition) is 4. The van der Waals surface area contributed by atoms with E-state index in [1.807, 2.05) is 24.3 Å². The fraction of sp³-hybridized carbons (Fsp3) is 0.727. The molecule has 1 fully saturated rings. The quantitative estimate of drug-likeness (QED) is 0.648. The molecule has 0 aliphatic carbocycles. The van der Waals surface area contributed by atoms with Gasteiger partial charge in [-0.2, -0.15) is 0 Å². The fourth-order valence-corrected chi connectivity index (χ4v) is 3.70. The van der Waals surface area contributed by atoms with Crippen LogP contribution in [0, 0.1) is 11.3 Å². The summed E-state index contributed by atoms with van der Waals surface area (Å²) in [5.41, 5.74) is 0.154. The Morgan fingerprint density at radius 1 is 1.19 bits per heavy atom. The van der Waals surface area contributed by atoms with Crippen LogP contribution in [-0.4, -0.2) is 38.5 Å². The van der Waals surface area contributed by atoms with E-state index in [2.05, 4.69) is 26.1 Å². The molecule has 4 nitrogen and oxygen atoms in total. The highest BCUT2D eigenvalue weighted by Crippen LogP contribution is 2.42. The third-order valence-electron chi connectivity index (χ3n) is 5.14. The van der Waals surface area contributed by atoms with Crippen molar-refractivity contribution in [1.29, 1.82) is 0 Å². The monoisotopic (exact) mass is 363 g/mol. The Balaban J connectivity index is 2.25. The summed E-state index contributed by atoms with van der Waals surface area (Å²) in [5, 5.41) is 15.3. The van der Waals surface area contributed by atoms with E-state index >= 15 is 0 Å². The van der Waals surface area contributed by atoms with Gasteiger partial charge in [0.15, 0.2) is 0 Å². The lowest BCUT2D eigenvalue weighted by Gasteiger charge is -2.40. The lowest BCUT2D eigenvalue weighted by Crippen LogP contribution is -2.44. The zero-order chi connectivity index (χ0) is 19.0. The van der Waals surface area contributed by atoms with Gasteiger partial charge in [-0.05, 0) is 50.1 Å². The van der Waals surface area contributed by atoms with Crippen LogP contribution in [0.3, 0.4) is 0 Å². The van der Waals surface area contributed by atoms with Crippen molar-refractivity contribution in [1.82, 2.24) is 5.32 Å². The first-order valence-corrected chi connectivity index (χ1v) is 10.0. The van der Waals surface area contributed by atoms with E-state index in [1.54, 1.807) is 7.11 Å². The van der Waals surface area contributed by atoms with Gasteiger partial charge >= 0.3 is 0 Å². The lowest BCUT2D eigenvalue weighted by molar-refractivity contribution is -0.0456. The smallest absolute Gasteiger partial charge is 0.125 e. The molecule has 2 N–H and O–H groups in total. The number of benzene rings is 1. The molecule has 0 aromatic heterocycles. The van der Waals surface area contributed by atoms with E-state index in [1.165, 1.54) is 0 Å². The summed E-state index contributed by atoms with van der Waals surface area (Å²) in [6, 6.07) is 8.04. The third-order valence-corrected chi connectivity index (χ3v) is 5.14. The number of rotatable bonds is 9. The van der Waals surface area contributed by atoms with Gasteiger partial charge in [-0.15, -0.1) is 0 Å². The highest BCUT2D eigenvalue weighted by Gasteiger charge is 2.40. The van der Waals surface area contributed by atoms with Crippen LogP contribution in [0.25, 0.3) is 0 Å². The van der Waals surface area contributed by atoms with Gasteiger partial charge in [-0.3, -0.25) is 0 Å². The predicted molar refractivity (Wildman–Crippen MR) is 107 cm³/mol. The Hall–Kier alpha value is -1.10. The molecule has 0 spiro atoms. The Labute approximate surface area is 159 Å². The van der Waals surface area contributed by atoms with Gasteiger partial charge in [0.05, 0.1) is 12.2 Å². The van der Waals surface area contributed by atoms with E-state index in [0.717, 1.165) is 63.1 Å². The van der Waals surface area contributed by atoms with Crippen LogP contribution in [0.4, 0.5) is 0 Å². The summed E-state index contributed by atoms with van der Waals surface area (Å²) >= 11 is 0. The van der Waals surface area contributed by atoms with Gasteiger partial charge in [0.25, 0.3) is 0 Å². The van der Waals surface area contributed by atoms with Crippen molar-refractivity contribution in [3.8, 4) is 5.75 Å². The summed E-state index contributed by atoms with van der Waals surface area (Å²) in [6.45, 7) is 9.76. The Morgan fingerprint density at radius 3 is 2.62 bits per heavy atom. The normalized spacial score (nSPS) is 20.6. The molecule has 1 unspecified atom stereocenters. The van der Waals surface area contributed by atoms with Gasteiger partial charge in [-0.1, -0.05) is 39.0 Å². The maximum Gasteiger partial charge on any atom is 0.125 e. The Morgan fingerprint density at radius 2 is 1.96 bits per heavy atom. The van der Waals surface area contributed by atoms with Gasteiger partial charge < -0.3 is 19.9 Å². The summed E-state index contributed by atoms with van der Waals surface area (Å²) in [4.78, 5) is 0. The van der Waals surface area contributed by atoms with Crippen LogP contribution in [0.15, 0.2) is 24.3 Å². The molecule has 1 heterocycles. The largest absolute Gasteiger partial charge is 0.493 e. The first-order chi connectivity index (χ1) is 12.4. The zero-order valence-corrected chi connectivity index (χ0v) is 17.0. The first kappa shape index (κ1) is 21.2. The molecule has 0 bridgehead atoms. The van der Waals surface area contributed by atoms with Crippen molar-refractivity contribution < 1.29 is 14.6 Å². The van der Waals surface area contributed by atoms with Crippen molar-refractivity contribution in [3.05, 3.63) is 29.8 Å². The second-order valence-electron chi connectivity index (χ2n) is 8.76. The summed E-state index contributed by atoms with van der Waals surface area (Å²) in [7, 11) is 1.73. The molecule has 2 rings (SSSR count). The molecule has 1 saturated heterocycles. The molecule has 0 amide bonds. The average Bonchev–Trinajstić information content (AvgIpc) is 2.64. The second kappa shape index (κ2) is 9.72. The molecule has 1 aliphatic rings. The minimum absolute atomic E-state index is 0.0795. The fourth-order valence-electron chi connectivity index (χ4n) is 3.70. The van der Waals surface area contributed by atoms with Gasteiger partial charge in [0, 0.05) is 31.7 Å². The van der Waals surface area contributed by atoms with Crippen LogP contribution in [-0.2, 0) is 10.3 Å². The minimum Gasteiger partial charge on any atom is -0.493 e. The van der Waals surface area contributed by atoms with Gasteiger partial charge in [-0.25, -0.2) is 0 Å². The van der Waals surface area contributed by atoms with Crippen LogP contribution in [0.1, 0.15) is 58.4 Å². The number of para-hydroxylation sites is 1. The molecule has 4 heteroatoms. The average molecular weight is 364 g/mol. The lowest BCUT2D eigenvalue weighted by atomic mass is 9.74. The standard InChI is InChI=1S/C22H37NO3/c1-21(2,3)17-26-20-12-6-5-11-19(20)22(24,13-7-8-15-25-4)18-10-9-14-23-16-18/h5-6,11-12,18,23-24H,7-10,13-17H2,1-4H3/t18?,22-/m1/s1. The van der Waals surface area contributed by atoms with Crippen LogP contribution >= 0.6 is 0 Å². The molecule has 1 aromatic carbocycles. The van der Waals surface area contributed by atoms with E-state index in [-0.39, 0.29) is 11.3 Å². The minimum atomic E-state index is -0.865.